The molecule has 0 radical (unpaired) electrons. The van der Waals surface area contributed by atoms with Gasteiger partial charge in [0.1, 0.15) is 5.75 Å². The lowest BCUT2D eigenvalue weighted by atomic mass is 10.1. The fourth-order valence-electron chi connectivity index (χ4n) is 3.66. The molecule has 2 aromatic heterocycles. The number of aryl methyl sites for hydroxylation is 2. The molecule has 2 heterocycles. The molecule has 0 amide bonds. The number of nitro groups is 1. The van der Waals surface area contributed by atoms with Crippen molar-refractivity contribution in [3.8, 4) is 17.0 Å². The molecule has 0 unspecified atom stereocenters. The number of hydrogen-bond acceptors (Lipinski definition) is 8. The minimum absolute atomic E-state index is 0.0427. The van der Waals surface area contributed by atoms with Gasteiger partial charge in [-0.1, -0.05) is 0 Å². The van der Waals surface area contributed by atoms with E-state index in [-0.39, 0.29) is 11.6 Å². The SMILES string of the molecule is COC(=O)c1ccc2c(c1)c(-c1ccnc(Nc3cc([N+](=O)[O-])c(C)cc3OC)n1)cn2C. The van der Waals surface area contributed by atoms with Gasteiger partial charge in [0.15, 0.2) is 0 Å². The van der Waals surface area contributed by atoms with E-state index >= 15 is 0 Å². The quantitative estimate of drug-likeness (QED) is 0.262. The Morgan fingerprint density at radius 2 is 1.97 bits per heavy atom. The van der Waals surface area contributed by atoms with Gasteiger partial charge in [-0.3, -0.25) is 10.1 Å². The van der Waals surface area contributed by atoms with Crippen molar-refractivity contribution in [2.75, 3.05) is 19.5 Å². The number of carbonyl (C=O) groups excluding carboxylic acids is 1. The van der Waals surface area contributed by atoms with E-state index < -0.39 is 10.9 Å². The zero-order valence-electron chi connectivity index (χ0n) is 18.4. The third kappa shape index (κ3) is 4.05. The fourth-order valence-corrected chi connectivity index (χ4v) is 3.66. The summed E-state index contributed by atoms with van der Waals surface area (Å²) >= 11 is 0. The van der Waals surface area contributed by atoms with E-state index in [1.54, 1.807) is 37.4 Å². The first kappa shape index (κ1) is 21.8. The van der Waals surface area contributed by atoms with Crippen LogP contribution in [0.5, 0.6) is 5.75 Å². The summed E-state index contributed by atoms with van der Waals surface area (Å²) in [4.78, 5) is 31.8. The molecule has 0 aliphatic rings. The Labute approximate surface area is 189 Å². The van der Waals surface area contributed by atoms with Crippen LogP contribution >= 0.6 is 0 Å². The van der Waals surface area contributed by atoms with Gasteiger partial charge in [0.25, 0.3) is 5.69 Å². The Balaban J connectivity index is 1.77. The van der Waals surface area contributed by atoms with Crippen LogP contribution in [0.1, 0.15) is 15.9 Å². The molecular weight excluding hydrogens is 426 g/mol. The van der Waals surface area contributed by atoms with Gasteiger partial charge in [0.2, 0.25) is 5.95 Å². The molecule has 0 saturated carbocycles. The van der Waals surface area contributed by atoms with Gasteiger partial charge in [-0.25, -0.2) is 14.8 Å². The number of methoxy groups -OCH3 is 2. The minimum atomic E-state index is -0.452. The van der Waals surface area contributed by atoms with Gasteiger partial charge in [-0.2, -0.15) is 0 Å². The number of esters is 1. The first-order chi connectivity index (χ1) is 15.8. The lowest BCUT2D eigenvalue weighted by Crippen LogP contribution is -2.02. The lowest BCUT2D eigenvalue weighted by Gasteiger charge is -2.12. The van der Waals surface area contributed by atoms with Crippen LogP contribution in [0.25, 0.3) is 22.2 Å². The molecule has 0 atom stereocenters. The third-order valence-corrected chi connectivity index (χ3v) is 5.30. The van der Waals surface area contributed by atoms with Crippen molar-refractivity contribution >= 4 is 34.2 Å². The molecule has 10 heteroatoms. The number of nitrogens with one attached hydrogen (secondary N) is 1. The van der Waals surface area contributed by atoms with Crippen LogP contribution in [0.4, 0.5) is 17.3 Å². The molecule has 1 N–H and O–H groups in total. The van der Waals surface area contributed by atoms with Crippen molar-refractivity contribution in [1.82, 2.24) is 14.5 Å². The van der Waals surface area contributed by atoms with E-state index in [2.05, 4.69) is 15.3 Å². The van der Waals surface area contributed by atoms with Crippen LogP contribution in [-0.2, 0) is 11.8 Å². The van der Waals surface area contributed by atoms with Gasteiger partial charge in [0, 0.05) is 47.5 Å². The van der Waals surface area contributed by atoms with Crippen LogP contribution in [0.15, 0.2) is 48.8 Å². The third-order valence-electron chi connectivity index (χ3n) is 5.30. The average molecular weight is 447 g/mol. The standard InChI is InChI=1S/C23H21N5O5/c1-13-9-21(32-3)18(11-20(13)28(30)31)26-23-24-8-7-17(25-23)16-12-27(2)19-6-5-14(10-15(16)19)22(29)33-4/h5-12H,1-4H3,(H,24,25,26). The van der Waals surface area contributed by atoms with Crippen molar-refractivity contribution in [1.29, 1.82) is 0 Å². The van der Waals surface area contributed by atoms with Crippen molar-refractivity contribution in [2.24, 2.45) is 7.05 Å². The Morgan fingerprint density at radius 1 is 1.18 bits per heavy atom. The van der Waals surface area contributed by atoms with E-state index in [9.17, 15) is 14.9 Å². The summed E-state index contributed by atoms with van der Waals surface area (Å²) in [6.07, 6.45) is 3.50. The fraction of sp³-hybridized carbons (Fsp3) is 0.174. The van der Waals surface area contributed by atoms with Crippen molar-refractivity contribution in [2.45, 2.75) is 6.92 Å². The highest BCUT2D eigenvalue weighted by Crippen LogP contribution is 2.35. The molecule has 0 saturated heterocycles. The normalized spacial score (nSPS) is 10.8. The number of ether oxygens (including phenoxy) is 2. The van der Waals surface area contributed by atoms with Gasteiger partial charge < -0.3 is 19.4 Å². The zero-order chi connectivity index (χ0) is 23.7. The predicted octanol–water partition coefficient (Wildman–Crippen LogP) is 4.39. The Morgan fingerprint density at radius 3 is 2.67 bits per heavy atom. The van der Waals surface area contributed by atoms with Crippen molar-refractivity contribution < 1.29 is 19.2 Å². The lowest BCUT2D eigenvalue weighted by molar-refractivity contribution is -0.385. The summed E-state index contributed by atoms with van der Waals surface area (Å²) in [7, 11) is 4.73. The molecule has 0 fully saturated rings. The summed E-state index contributed by atoms with van der Waals surface area (Å²) in [6, 6.07) is 10.1. The van der Waals surface area contributed by atoms with E-state index in [1.165, 1.54) is 20.3 Å². The maximum Gasteiger partial charge on any atom is 0.337 e. The molecule has 0 spiro atoms. The second-order valence-corrected chi connectivity index (χ2v) is 7.36. The number of hydrogen-bond donors (Lipinski definition) is 1. The minimum Gasteiger partial charge on any atom is -0.495 e. The number of carbonyl (C=O) groups is 1. The number of nitrogens with zero attached hydrogens (tertiary/aromatic N) is 4. The molecule has 10 nitrogen and oxygen atoms in total. The monoisotopic (exact) mass is 447 g/mol. The summed E-state index contributed by atoms with van der Waals surface area (Å²) in [6.45, 7) is 1.64. The highest BCUT2D eigenvalue weighted by atomic mass is 16.6. The molecule has 33 heavy (non-hydrogen) atoms. The zero-order valence-corrected chi connectivity index (χ0v) is 18.4. The molecule has 4 rings (SSSR count). The topological polar surface area (TPSA) is 121 Å². The number of anilines is 2. The molecule has 4 aromatic rings. The predicted molar refractivity (Wildman–Crippen MR) is 123 cm³/mol. The van der Waals surface area contributed by atoms with Crippen LogP contribution in [-0.4, -0.2) is 39.6 Å². The summed E-state index contributed by atoms with van der Waals surface area (Å²) in [5.74, 6) is 0.245. The van der Waals surface area contributed by atoms with Crippen LogP contribution in [0, 0.1) is 17.0 Å². The first-order valence-electron chi connectivity index (χ1n) is 9.93. The van der Waals surface area contributed by atoms with Crippen molar-refractivity contribution in [3.63, 3.8) is 0 Å². The van der Waals surface area contributed by atoms with E-state index in [0.717, 1.165) is 16.5 Å². The highest BCUT2D eigenvalue weighted by Gasteiger charge is 2.18. The number of rotatable bonds is 6. The Kier molecular flexibility index (Phi) is 5.65. The maximum absolute atomic E-state index is 12.0. The molecular formula is C23H21N5O5. The Bertz CT molecular complexity index is 1400. The summed E-state index contributed by atoms with van der Waals surface area (Å²) in [5.41, 5.74) is 3.57. The maximum atomic E-state index is 12.0. The Hall–Kier alpha value is -4.47. The van der Waals surface area contributed by atoms with E-state index in [1.807, 2.05) is 23.9 Å². The second-order valence-electron chi connectivity index (χ2n) is 7.36. The van der Waals surface area contributed by atoms with E-state index in [4.69, 9.17) is 9.47 Å². The average Bonchev–Trinajstić information content (AvgIpc) is 3.15. The van der Waals surface area contributed by atoms with Gasteiger partial charge in [0.05, 0.1) is 36.1 Å². The van der Waals surface area contributed by atoms with Crippen LogP contribution in [0.2, 0.25) is 0 Å². The van der Waals surface area contributed by atoms with E-state index in [0.29, 0.717) is 28.3 Å². The number of nitro benzene ring substituents is 1. The van der Waals surface area contributed by atoms with Crippen molar-refractivity contribution in [3.05, 3.63) is 70.0 Å². The van der Waals surface area contributed by atoms with Gasteiger partial charge in [-0.15, -0.1) is 0 Å². The largest absolute Gasteiger partial charge is 0.495 e. The number of fused-ring (bicyclic) bond motifs is 1. The molecule has 2 aromatic carbocycles. The number of aromatic nitrogens is 3. The summed E-state index contributed by atoms with van der Waals surface area (Å²) in [5, 5.41) is 15.2. The van der Waals surface area contributed by atoms with Crippen LogP contribution < -0.4 is 10.1 Å². The van der Waals surface area contributed by atoms with Crippen LogP contribution in [0.3, 0.4) is 0 Å². The second kappa shape index (κ2) is 8.58. The molecule has 0 aliphatic heterocycles. The van der Waals surface area contributed by atoms with Gasteiger partial charge in [-0.05, 0) is 37.3 Å². The van der Waals surface area contributed by atoms with Gasteiger partial charge >= 0.3 is 5.97 Å². The first-order valence-corrected chi connectivity index (χ1v) is 9.93. The highest BCUT2D eigenvalue weighted by molar-refractivity contribution is 6.00. The molecule has 0 aliphatic carbocycles. The number of benzene rings is 2. The smallest absolute Gasteiger partial charge is 0.337 e. The summed E-state index contributed by atoms with van der Waals surface area (Å²) < 4.78 is 12.1. The molecule has 0 bridgehead atoms. The molecule has 168 valence electrons.